The molecule has 0 bridgehead atoms. The van der Waals surface area contributed by atoms with Crippen molar-refractivity contribution in [2.75, 3.05) is 22.1 Å². The van der Waals surface area contributed by atoms with Crippen molar-refractivity contribution in [3.63, 3.8) is 0 Å². The molecule has 2 aliphatic heterocycles. The Morgan fingerprint density at radius 1 is 1.16 bits per heavy atom. The standard InChI is InChI=1S/C24H23N5O3/c1-2-14-7-9-16(10-8-14)25-22(31)17-13-19(30)26-21-20(17)23(32)28-24(27-21)29-12-11-15-5-3-4-6-18(15)29/h3-10,17H,2,11-13H2,1H3,(H,25,31)(H2,26,27,28,30,32). The van der Waals surface area contributed by atoms with E-state index in [0.717, 1.165) is 24.1 Å². The van der Waals surface area contributed by atoms with Crippen molar-refractivity contribution in [1.29, 1.82) is 0 Å². The van der Waals surface area contributed by atoms with E-state index < -0.39 is 17.4 Å². The predicted octanol–water partition coefficient (Wildman–Crippen LogP) is 3.09. The first-order valence-corrected chi connectivity index (χ1v) is 10.7. The molecule has 2 aromatic carbocycles. The van der Waals surface area contributed by atoms with E-state index >= 15 is 0 Å². The maximum atomic E-state index is 13.1. The maximum absolute atomic E-state index is 13.1. The molecule has 0 saturated heterocycles. The lowest BCUT2D eigenvalue weighted by Crippen LogP contribution is -2.37. The van der Waals surface area contributed by atoms with Crippen molar-refractivity contribution in [1.82, 2.24) is 9.97 Å². The van der Waals surface area contributed by atoms with Gasteiger partial charge in [-0.2, -0.15) is 4.98 Å². The molecule has 3 heterocycles. The van der Waals surface area contributed by atoms with Crippen molar-refractivity contribution in [3.05, 3.63) is 75.6 Å². The van der Waals surface area contributed by atoms with Crippen molar-refractivity contribution in [2.24, 2.45) is 0 Å². The third-order valence-electron chi connectivity index (χ3n) is 6.03. The number of aromatic nitrogens is 2. The fourth-order valence-corrected chi connectivity index (χ4v) is 4.32. The van der Waals surface area contributed by atoms with Gasteiger partial charge in [-0.3, -0.25) is 19.4 Å². The van der Waals surface area contributed by atoms with Gasteiger partial charge < -0.3 is 15.5 Å². The summed E-state index contributed by atoms with van der Waals surface area (Å²) in [6, 6.07) is 15.4. The van der Waals surface area contributed by atoms with Gasteiger partial charge in [-0.25, -0.2) is 0 Å². The minimum Gasteiger partial charge on any atom is -0.326 e. The molecule has 0 fully saturated rings. The van der Waals surface area contributed by atoms with Crippen molar-refractivity contribution in [3.8, 4) is 0 Å². The van der Waals surface area contributed by atoms with Gasteiger partial charge >= 0.3 is 0 Å². The number of nitrogens with one attached hydrogen (secondary N) is 3. The van der Waals surface area contributed by atoms with Crippen LogP contribution in [0.4, 0.5) is 23.1 Å². The summed E-state index contributed by atoms with van der Waals surface area (Å²) in [4.78, 5) is 47.7. The average molecular weight is 429 g/mol. The molecule has 0 radical (unpaired) electrons. The van der Waals surface area contributed by atoms with Gasteiger partial charge in [-0.15, -0.1) is 0 Å². The van der Waals surface area contributed by atoms with Crippen LogP contribution in [0.5, 0.6) is 0 Å². The number of hydrogen-bond donors (Lipinski definition) is 3. The Kier molecular flexibility index (Phi) is 4.97. The second-order valence-corrected chi connectivity index (χ2v) is 8.03. The number of para-hydroxylation sites is 1. The summed E-state index contributed by atoms with van der Waals surface area (Å²) in [6.07, 6.45) is 1.63. The highest BCUT2D eigenvalue weighted by atomic mass is 16.2. The first-order chi connectivity index (χ1) is 15.5. The summed E-state index contributed by atoms with van der Waals surface area (Å²) in [5, 5.41) is 5.50. The number of rotatable bonds is 4. The number of benzene rings is 2. The molecule has 8 heteroatoms. The highest BCUT2D eigenvalue weighted by Gasteiger charge is 2.35. The van der Waals surface area contributed by atoms with Crippen LogP contribution < -0.4 is 21.1 Å². The number of H-pyrrole nitrogens is 1. The summed E-state index contributed by atoms with van der Waals surface area (Å²) < 4.78 is 0. The molecule has 1 aromatic heterocycles. The van der Waals surface area contributed by atoms with Gasteiger partial charge in [0.15, 0.2) is 0 Å². The zero-order valence-electron chi connectivity index (χ0n) is 17.6. The molecule has 5 rings (SSSR count). The van der Waals surface area contributed by atoms with Gasteiger partial charge in [0.25, 0.3) is 5.56 Å². The van der Waals surface area contributed by atoms with Gasteiger partial charge in [0.2, 0.25) is 17.8 Å². The van der Waals surface area contributed by atoms with Gasteiger partial charge in [0.1, 0.15) is 5.82 Å². The normalized spacial score (nSPS) is 16.8. The number of aromatic amines is 1. The summed E-state index contributed by atoms with van der Waals surface area (Å²) in [7, 11) is 0. The summed E-state index contributed by atoms with van der Waals surface area (Å²) in [6.45, 7) is 2.73. The summed E-state index contributed by atoms with van der Waals surface area (Å²) in [5.74, 6) is -1.16. The fourth-order valence-electron chi connectivity index (χ4n) is 4.32. The Bertz CT molecular complexity index is 1270. The van der Waals surface area contributed by atoms with E-state index in [1.807, 2.05) is 53.4 Å². The fraction of sp³-hybridized carbons (Fsp3) is 0.250. The number of fused-ring (bicyclic) bond motifs is 2. The first-order valence-electron chi connectivity index (χ1n) is 10.7. The van der Waals surface area contributed by atoms with Crippen LogP contribution in [0.1, 0.15) is 36.0 Å². The summed E-state index contributed by atoms with van der Waals surface area (Å²) >= 11 is 0. The molecule has 3 N–H and O–H groups in total. The Morgan fingerprint density at radius 2 is 1.94 bits per heavy atom. The SMILES string of the molecule is CCc1ccc(NC(=O)C2CC(=O)Nc3nc(N4CCc5ccccc54)[nH]c(=O)c32)cc1. The molecule has 2 amide bonds. The number of amides is 2. The summed E-state index contributed by atoms with van der Waals surface area (Å²) in [5.41, 5.74) is 3.68. The Balaban J connectivity index is 1.47. The molecule has 0 spiro atoms. The van der Waals surface area contributed by atoms with Crippen LogP contribution in [0.2, 0.25) is 0 Å². The van der Waals surface area contributed by atoms with E-state index in [1.165, 1.54) is 5.56 Å². The minimum absolute atomic E-state index is 0.109. The smallest absolute Gasteiger partial charge is 0.258 e. The number of carbonyl (C=O) groups excluding carboxylic acids is 2. The zero-order chi connectivity index (χ0) is 22.2. The van der Waals surface area contributed by atoms with Crippen molar-refractivity contribution < 1.29 is 9.59 Å². The second kappa shape index (κ2) is 7.96. The van der Waals surface area contributed by atoms with Gasteiger partial charge in [0, 0.05) is 24.3 Å². The number of hydrogen-bond acceptors (Lipinski definition) is 5. The molecule has 0 aliphatic carbocycles. The molecule has 32 heavy (non-hydrogen) atoms. The van der Waals surface area contributed by atoms with Crippen molar-refractivity contribution >= 4 is 35.0 Å². The third-order valence-corrected chi connectivity index (χ3v) is 6.03. The number of nitrogens with zero attached hydrogens (tertiary/aromatic N) is 2. The Labute approximate surface area is 184 Å². The number of aryl methyl sites for hydroxylation is 1. The topological polar surface area (TPSA) is 107 Å². The zero-order valence-corrected chi connectivity index (χ0v) is 17.6. The lowest BCUT2D eigenvalue weighted by Gasteiger charge is -2.25. The Morgan fingerprint density at radius 3 is 2.72 bits per heavy atom. The van der Waals surface area contributed by atoms with E-state index in [2.05, 4.69) is 27.5 Å². The van der Waals surface area contributed by atoms with E-state index in [4.69, 9.17) is 0 Å². The highest BCUT2D eigenvalue weighted by Crippen LogP contribution is 2.35. The van der Waals surface area contributed by atoms with Crippen LogP contribution >= 0.6 is 0 Å². The quantitative estimate of drug-likeness (QED) is 0.591. The second-order valence-electron chi connectivity index (χ2n) is 8.03. The van der Waals surface area contributed by atoms with Crippen LogP contribution in [0.3, 0.4) is 0 Å². The number of carbonyl (C=O) groups is 2. The molecule has 3 aromatic rings. The van der Waals surface area contributed by atoms with Crippen LogP contribution in [0, 0.1) is 0 Å². The lowest BCUT2D eigenvalue weighted by molar-refractivity contribution is -0.123. The van der Waals surface area contributed by atoms with Crippen molar-refractivity contribution in [2.45, 2.75) is 32.1 Å². The van der Waals surface area contributed by atoms with Crippen LogP contribution in [0.25, 0.3) is 0 Å². The molecule has 1 unspecified atom stereocenters. The molecule has 8 nitrogen and oxygen atoms in total. The molecular weight excluding hydrogens is 406 g/mol. The van der Waals surface area contributed by atoms with Gasteiger partial charge in [-0.1, -0.05) is 37.3 Å². The van der Waals surface area contributed by atoms with Crippen LogP contribution in [0.15, 0.2) is 53.3 Å². The van der Waals surface area contributed by atoms with Crippen LogP contribution in [-0.2, 0) is 22.4 Å². The van der Waals surface area contributed by atoms with E-state index in [9.17, 15) is 14.4 Å². The number of anilines is 4. The molecule has 2 aliphatic rings. The van der Waals surface area contributed by atoms with E-state index in [-0.39, 0.29) is 23.7 Å². The Hall–Kier alpha value is -3.94. The van der Waals surface area contributed by atoms with Gasteiger partial charge in [-0.05, 0) is 42.2 Å². The average Bonchev–Trinajstić information content (AvgIpc) is 3.23. The maximum Gasteiger partial charge on any atom is 0.258 e. The molecule has 1 atom stereocenters. The molecule has 162 valence electrons. The first kappa shape index (κ1) is 20.0. The van der Waals surface area contributed by atoms with E-state index in [1.54, 1.807) is 0 Å². The molecular formula is C24H23N5O3. The third kappa shape index (κ3) is 3.53. The lowest BCUT2D eigenvalue weighted by atomic mass is 9.92. The van der Waals surface area contributed by atoms with E-state index in [0.29, 0.717) is 18.2 Å². The highest BCUT2D eigenvalue weighted by molar-refractivity contribution is 6.04. The largest absolute Gasteiger partial charge is 0.326 e. The van der Waals surface area contributed by atoms with Gasteiger partial charge in [0.05, 0.1) is 11.5 Å². The monoisotopic (exact) mass is 429 g/mol. The van der Waals surface area contributed by atoms with Crippen LogP contribution in [-0.4, -0.2) is 28.3 Å². The molecule has 0 saturated carbocycles. The predicted molar refractivity (Wildman–Crippen MR) is 122 cm³/mol. The minimum atomic E-state index is -0.916.